The van der Waals surface area contributed by atoms with E-state index in [1.807, 2.05) is 13.8 Å². The second kappa shape index (κ2) is 7.07. The van der Waals surface area contributed by atoms with Gasteiger partial charge in [0.1, 0.15) is 5.54 Å². The highest BCUT2D eigenvalue weighted by atomic mass is 16.5. The number of nitrogens with one attached hydrogen (secondary N) is 1. The van der Waals surface area contributed by atoms with Gasteiger partial charge in [-0.2, -0.15) is 0 Å². The SMILES string of the molecule is CC(C)NC1(C(=O)O)CCCC1CCN1CCOCC1C. The number of hydrogen-bond acceptors (Lipinski definition) is 4. The summed E-state index contributed by atoms with van der Waals surface area (Å²) in [5.41, 5.74) is -0.719. The van der Waals surface area contributed by atoms with Gasteiger partial charge in [-0.05, 0) is 52.5 Å². The molecule has 2 aliphatic rings. The van der Waals surface area contributed by atoms with Gasteiger partial charge in [0.25, 0.3) is 0 Å². The van der Waals surface area contributed by atoms with Crippen molar-refractivity contribution in [3.05, 3.63) is 0 Å². The molecule has 5 heteroatoms. The first kappa shape index (κ1) is 16.7. The van der Waals surface area contributed by atoms with Crippen LogP contribution >= 0.6 is 0 Å². The third-order valence-corrected chi connectivity index (χ3v) is 5.02. The standard InChI is InChI=1S/C16H30N2O3/c1-12(2)17-16(15(19)20)7-4-5-14(16)6-8-18-9-10-21-11-13(18)3/h12-14,17H,4-11H2,1-3H3,(H,19,20). The molecule has 0 bridgehead atoms. The van der Waals surface area contributed by atoms with Crippen LogP contribution in [0.5, 0.6) is 0 Å². The van der Waals surface area contributed by atoms with Crippen molar-refractivity contribution < 1.29 is 14.6 Å². The van der Waals surface area contributed by atoms with Gasteiger partial charge in [0, 0.05) is 18.6 Å². The van der Waals surface area contributed by atoms with E-state index >= 15 is 0 Å². The maximum Gasteiger partial charge on any atom is 0.324 e. The van der Waals surface area contributed by atoms with Crippen LogP contribution in [0, 0.1) is 5.92 Å². The van der Waals surface area contributed by atoms with Gasteiger partial charge in [0.05, 0.1) is 13.2 Å². The van der Waals surface area contributed by atoms with Crippen LogP contribution in [-0.2, 0) is 9.53 Å². The number of nitrogens with zero attached hydrogens (tertiary/aromatic N) is 1. The Bertz CT molecular complexity index is 361. The third-order valence-electron chi connectivity index (χ3n) is 5.02. The molecule has 0 spiro atoms. The molecular weight excluding hydrogens is 268 g/mol. The van der Waals surface area contributed by atoms with E-state index in [9.17, 15) is 9.90 Å². The molecule has 5 nitrogen and oxygen atoms in total. The van der Waals surface area contributed by atoms with Gasteiger partial charge < -0.3 is 9.84 Å². The lowest BCUT2D eigenvalue weighted by atomic mass is 9.83. The van der Waals surface area contributed by atoms with Crippen LogP contribution in [0.4, 0.5) is 0 Å². The van der Waals surface area contributed by atoms with Crippen LogP contribution in [-0.4, -0.2) is 59.9 Å². The van der Waals surface area contributed by atoms with E-state index < -0.39 is 11.5 Å². The Morgan fingerprint density at radius 3 is 2.90 bits per heavy atom. The molecule has 2 rings (SSSR count). The minimum Gasteiger partial charge on any atom is -0.480 e. The van der Waals surface area contributed by atoms with Crippen LogP contribution in [0.15, 0.2) is 0 Å². The lowest BCUT2D eigenvalue weighted by molar-refractivity contribution is -0.147. The summed E-state index contributed by atoms with van der Waals surface area (Å²) in [4.78, 5) is 14.3. The second-order valence-corrected chi connectivity index (χ2v) is 6.91. The number of carboxylic acid groups (broad SMARTS) is 1. The zero-order valence-corrected chi connectivity index (χ0v) is 13.6. The number of morpholine rings is 1. The second-order valence-electron chi connectivity index (χ2n) is 6.91. The third kappa shape index (κ3) is 3.76. The van der Waals surface area contributed by atoms with Crippen molar-refractivity contribution in [1.82, 2.24) is 10.2 Å². The highest BCUT2D eigenvalue weighted by Gasteiger charge is 2.49. The van der Waals surface area contributed by atoms with E-state index in [1.165, 1.54) is 0 Å². The lowest BCUT2D eigenvalue weighted by Crippen LogP contribution is -2.57. The van der Waals surface area contributed by atoms with E-state index in [2.05, 4.69) is 17.1 Å². The van der Waals surface area contributed by atoms with Crippen LogP contribution < -0.4 is 5.32 Å². The number of aliphatic carboxylic acids is 1. The van der Waals surface area contributed by atoms with Gasteiger partial charge in [-0.3, -0.25) is 15.0 Å². The summed E-state index contributed by atoms with van der Waals surface area (Å²) >= 11 is 0. The molecule has 122 valence electrons. The van der Waals surface area contributed by atoms with Crippen molar-refractivity contribution in [1.29, 1.82) is 0 Å². The van der Waals surface area contributed by atoms with Crippen LogP contribution in [0.25, 0.3) is 0 Å². The Hall–Kier alpha value is -0.650. The Balaban J connectivity index is 1.98. The summed E-state index contributed by atoms with van der Waals surface area (Å²) in [7, 11) is 0. The molecule has 0 aromatic rings. The molecule has 1 saturated heterocycles. The van der Waals surface area contributed by atoms with Gasteiger partial charge in [0.2, 0.25) is 0 Å². The molecule has 21 heavy (non-hydrogen) atoms. The summed E-state index contributed by atoms with van der Waals surface area (Å²) in [5.74, 6) is -0.443. The maximum atomic E-state index is 11.9. The highest BCUT2D eigenvalue weighted by molar-refractivity contribution is 5.79. The highest BCUT2D eigenvalue weighted by Crippen LogP contribution is 2.39. The maximum absolute atomic E-state index is 11.9. The number of rotatable bonds is 6. The Morgan fingerprint density at radius 2 is 2.29 bits per heavy atom. The van der Waals surface area contributed by atoms with E-state index in [-0.39, 0.29) is 12.0 Å². The average molecular weight is 298 g/mol. The molecule has 3 atom stereocenters. The van der Waals surface area contributed by atoms with E-state index in [0.717, 1.165) is 52.0 Å². The normalized spacial score (nSPS) is 34.5. The summed E-state index contributed by atoms with van der Waals surface area (Å²) < 4.78 is 5.47. The van der Waals surface area contributed by atoms with Gasteiger partial charge in [-0.15, -0.1) is 0 Å². The molecule has 0 aromatic carbocycles. The zero-order valence-electron chi connectivity index (χ0n) is 13.6. The summed E-state index contributed by atoms with van der Waals surface area (Å²) in [6, 6.07) is 0.640. The van der Waals surface area contributed by atoms with Crippen molar-refractivity contribution in [2.75, 3.05) is 26.3 Å². The molecule has 2 N–H and O–H groups in total. The molecule has 0 radical (unpaired) electrons. The van der Waals surface area contributed by atoms with Crippen molar-refractivity contribution in [3.63, 3.8) is 0 Å². The summed E-state index contributed by atoms with van der Waals surface area (Å²) in [6.45, 7) is 9.77. The van der Waals surface area contributed by atoms with Crippen LogP contribution in [0.2, 0.25) is 0 Å². The monoisotopic (exact) mass is 298 g/mol. The predicted octanol–water partition coefficient (Wildman–Crippen LogP) is 1.72. The van der Waals surface area contributed by atoms with Gasteiger partial charge in [-0.1, -0.05) is 6.42 Å². The fourth-order valence-electron chi connectivity index (χ4n) is 3.93. The minimum atomic E-state index is -0.719. The summed E-state index contributed by atoms with van der Waals surface area (Å²) in [6.07, 6.45) is 3.74. The first-order valence-electron chi connectivity index (χ1n) is 8.28. The molecular formula is C16H30N2O3. The topological polar surface area (TPSA) is 61.8 Å². The van der Waals surface area contributed by atoms with Crippen molar-refractivity contribution in [2.24, 2.45) is 5.92 Å². The zero-order chi connectivity index (χ0) is 15.5. The molecule has 3 unspecified atom stereocenters. The van der Waals surface area contributed by atoms with Crippen molar-refractivity contribution >= 4 is 5.97 Å². The fourth-order valence-corrected chi connectivity index (χ4v) is 3.93. The summed E-state index contributed by atoms with van der Waals surface area (Å²) in [5, 5.41) is 13.1. The van der Waals surface area contributed by atoms with Crippen LogP contribution in [0.1, 0.15) is 46.5 Å². The van der Waals surface area contributed by atoms with E-state index in [4.69, 9.17) is 4.74 Å². The van der Waals surface area contributed by atoms with Gasteiger partial charge in [0.15, 0.2) is 0 Å². The first-order valence-corrected chi connectivity index (χ1v) is 8.28. The molecule has 2 fully saturated rings. The predicted molar refractivity (Wildman–Crippen MR) is 82.5 cm³/mol. The largest absolute Gasteiger partial charge is 0.480 e. The quantitative estimate of drug-likeness (QED) is 0.782. The lowest BCUT2D eigenvalue weighted by Gasteiger charge is -2.38. The molecule has 1 aliphatic carbocycles. The number of carboxylic acids is 1. The molecule has 1 aliphatic heterocycles. The molecule has 0 aromatic heterocycles. The van der Waals surface area contributed by atoms with Gasteiger partial charge >= 0.3 is 5.97 Å². The first-order chi connectivity index (χ1) is 9.95. The van der Waals surface area contributed by atoms with E-state index in [1.54, 1.807) is 0 Å². The Kier molecular flexibility index (Phi) is 5.63. The smallest absolute Gasteiger partial charge is 0.324 e. The van der Waals surface area contributed by atoms with Gasteiger partial charge in [-0.25, -0.2) is 0 Å². The number of ether oxygens (including phenoxy) is 1. The van der Waals surface area contributed by atoms with Crippen LogP contribution in [0.3, 0.4) is 0 Å². The molecule has 1 saturated carbocycles. The minimum absolute atomic E-state index is 0.198. The Morgan fingerprint density at radius 1 is 1.52 bits per heavy atom. The molecule has 0 amide bonds. The van der Waals surface area contributed by atoms with Crippen molar-refractivity contribution in [2.45, 2.75) is 64.1 Å². The molecule has 1 heterocycles. The average Bonchev–Trinajstić information content (AvgIpc) is 2.81. The van der Waals surface area contributed by atoms with E-state index in [0.29, 0.717) is 6.04 Å². The Labute approximate surface area is 128 Å². The number of carbonyl (C=O) groups is 1. The number of hydrogen-bond donors (Lipinski definition) is 2. The fraction of sp³-hybridized carbons (Fsp3) is 0.938. The van der Waals surface area contributed by atoms with Crippen molar-refractivity contribution in [3.8, 4) is 0 Å².